The van der Waals surface area contributed by atoms with Crippen LogP contribution >= 0.6 is 22.6 Å². The molecule has 0 saturated carbocycles. The summed E-state index contributed by atoms with van der Waals surface area (Å²) in [7, 11) is 0. The summed E-state index contributed by atoms with van der Waals surface area (Å²) in [5.41, 5.74) is 1.78. The molecule has 0 aliphatic carbocycles. The average Bonchev–Trinajstić information content (AvgIpc) is 2.27. The van der Waals surface area contributed by atoms with Gasteiger partial charge < -0.3 is 4.42 Å². The Bertz CT molecular complexity index is 322. The zero-order valence-corrected chi connectivity index (χ0v) is 7.20. The molecule has 0 aliphatic heterocycles. The molecule has 0 spiro atoms. The van der Waals surface area contributed by atoms with Gasteiger partial charge in [0.25, 0.3) is 3.90 Å². The van der Waals surface area contributed by atoms with Crippen LogP contribution in [0.4, 0.5) is 0 Å². The van der Waals surface area contributed by atoms with Gasteiger partial charge in [0.05, 0.1) is 0 Å². The molecule has 0 amide bonds. The van der Waals surface area contributed by atoms with Gasteiger partial charge in [-0.15, -0.1) is 0 Å². The van der Waals surface area contributed by atoms with E-state index in [2.05, 4.69) is 27.6 Å². The maximum absolute atomic E-state index is 5.24. The predicted octanol–water partition coefficient (Wildman–Crippen LogP) is 2.43. The molecule has 0 saturated heterocycles. The first-order valence-electron chi connectivity index (χ1n) is 2.87. The number of nitrogens with zero attached hydrogens (tertiary/aromatic N) is 1. The highest BCUT2D eigenvalue weighted by Gasteiger charge is 1.98. The van der Waals surface area contributed by atoms with Crippen molar-refractivity contribution in [2.24, 2.45) is 0 Å². The minimum absolute atomic E-state index is 0.693. The van der Waals surface area contributed by atoms with E-state index in [4.69, 9.17) is 4.42 Å². The van der Waals surface area contributed by atoms with Crippen LogP contribution in [-0.2, 0) is 0 Å². The minimum Gasteiger partial charge on any atom is -0.432 e. The van der Waals surface area contributed by atoms with Gasteiger partial charge in [-0.2, -0.15) is 0 Å². The summed E-state index contributed by atoms with van der Waals surface area (Å²) in [6.45, 7) is 0. The fourth-order valence-electron chi connectivity index (χ4n) is 0.844. The molecule has 0 radical (unpaired) electrons. The molecule has 0 aliphatic rings. The molecule has 3 heteroatoms. The van der Waals surface area contributed by atoms with E-state index in [1.165, 1.54) is 0 Å². The van der Waals surface area contributed by atoms with Crippen molar-refractivity contribution in [1.82, 2.24) is 4.98 Å². The third-order valence-corrected chi connectivity index (χ3v) is 1.73. The Morgan fingerprint density at radius 1 is 1.30 bits per heavy atom. The number of halogens is 1. The highest BCUT2D eigenvalue weighted by Crippen LogP contribution is 2.15. The largest absolute Gasteiger partial charge is 0.432 e. The Kier molecular flexibility index (Phi) is 1.37. The lowest BCUT2D eigenvalue weighted by molar-refractivity contribution is 0.566. The number of fused-ring (bicyclic) bond motifs is 1. The first-order valence-corrected chi connectivity index (χ1v) is 3.95. The van der Waals surface area contributed by atoms with E-state index >= 15 is 0 Å². The van der Waals surface area contributed by atoms with Crippen molar-refractivity contribution in [1.29, 1.82) is 0 Å². The molecule has 2 nitrogen and oxygen atoms in total. The Hall–Kier alpha value is -0.580. The van der Waals surface area contributed by atoms with E-state index in [1.54, 1.807) is 0 Å². The molecule has 10 heavy (non-hydrogen) atoms. The quantitative estimate of drug-likeness (QED) is 0.666. The highest BCUT2D eigenvalue weighted by atomic mass is 127. The van der Waals surface area contributed by atoms with Crippen molar-refractivity contribution < 1.29 is 4.42 Å². The highest BCUT2D eigenvalue weighted by molar-refractivity contribution is 14.1. The van der Waals surface area contributed by atoms with Gasteiger partial charge in [-0.25, -0.2) is 4.98 Å². The molecule has 0 atom stereocenters. The van der Waals surface area contributed by atoms with Crippen LogP contribution in [0.3, 0.4) is 0 Å². The molecule has 1 heterocycles. The van der Waals surface area contributed by atoms with Crippen molar-refractivity contribution in [3.63, 3.8) is 0 Å². The first kappa shape index (κ1) is 6.15. The van der Waals surface area contributed by atoms with Crippen molar-refractivity contribution in [2.45, 2.75) is 0 Å². The molecule has 2 aromatic rings. The Morgan fingerprint density at radius 3 is 2.90 bits per heavy atom. The second-order valence-corrected chi connectivity index (χ2v) is 2.86. The second kappa shape index (κ2) is 2.23. The van der Waals surface area contributed by atoms with Gasteiger partial charge in [0.15, 0.2) is 5.58 Å². The molecule has 2 rings (SSSR count). The Labute approximate surface area is 71.4 Å². The summed E-state index contributed by atoms with van der Waals surface area (Å²) in [6, 6.07) is 7.72. The van der Waals surface area contributed by atoms with E-state index in [9.17, 15) is 0 Å². The van der Waals surface area contributed by atoms with Gasteiger partial charge in [-0.3, -0.25) is 0 Å². The van der Waals surface area contributed by atoms with Gasteiger partial charge in [-0.05, 0) is 12.1 Å². The molecular formula is C7H4INO. The Morgan fingerprint density at radius 2 is 2.10 bits per heavy atom. The van der Waals surface area contributed by atoms with Gasteiger partial charge in [-0.1, -0.05) is 12.1 Å². The van der Waals surface area contributed by atoms with Crippen LogP contribution < -0.4 is 0 Å². The van der Waals surface area contributed by atoms with E-state index in [0.29, 0.717) is 3.90 Å². The summed E-state index contributed by atoms with van der Waals surface area (Å²) in [6.07, 6.45) is 0. The molecule has 0 unspecified atom stereocenters. The molecule has 1 aromatic heterocycles. The molecule has 0 N–H and O–H groups in total. The Balaban J connectivity index is 2.88. The van der Waals surface area contributed by atoms with Crippen LogP contribution in [-0.4, -0.2) is 4.98 Å². The van der Waals surface area contributed by atoms with Crippen LogP contribution in [0.1, 0.15) is 0 Å². The number of para-hydroxylation sites is 2. The molecular weight excluding hydrogens is 241 g/mol. The zero-order valence-electron chi connectivity index (χ0n) is 5.04. The van der Waals surface area contributed by atoms with E-state index in [0.717, 1.165) is 11.1 Å². The van der Waals surface area contributed by atoms with Gasteiger partial charge >= 0.3 is 0 Å². The molecule has 0 fully saturated rings. The standard InChI is InChI=1S/C7H4INO/c8-7-9-5-3-1-2-4-6(5)10-7/h1-4H. The number of benzene rings is 1. The monoisotopic (exact) mass is 245 g/mol. The fraction of sp³-hybridized carbons (Fsp3) is 0. The van der Waals surface area contributed by atoms with Crippen molar-refractivity contribution >= 4 is 33.7 Å². The van der Waals surface area contributed by atoms with Crippen molar-refractivity contribution in [3.8, 4) is 0 Å². The third kappa shape index (κ3) is 0.901. The van der Waals surface area contributed by atoms with Crippen LogP contribution in [0.15, 0.2) is 28.7 Å². The number of oxazole rings is 1. The minimum atomic E-state index is 0.693. The lowest BCUT2D eigenvalue weighted by Crippen LogP contribution is -1.64. The lowest BCUT2D eigenvalue weighted by atomic mass is 10.3. The average molecular weight is 245 g/mol. The topological polar surface area (TPSA) is 26.0 Å². The van der Waals surface area contributed by atoms with Crippen molar-refractivity contribution in [3.05, 3.63) is 28.2 Å². The smallest absolute Gasteiger partial charge is 0.258 e. The maximum atomic E-state index is 5.24. The summed E-state index contributed by atoms with van der Waals surface area (Å²) < 4.78 is 5.94. The van der Waals surface area contributed by atoms with E-state index < -0.39 is 0 Å². The fourth-order valence-corrected chi connectivity index (χ4v) is 1.34. The van der Waals surface area contributed by atoms with E-state index in [-0.39, 0.29) is 0 Å². The summed E-state index contributed by atoms with van der Waals surface area (Å²) in [4.78, 5) is 4.13. The zero-order chi connectivity index (χ0) is 6.97. The normalized spacial score (nSPS) is 10.5. The SMILES string of the molecule is Ic1nc2ccccc2o1. The summed E-state index contributed by atoms with van der Waals surface area (Å²) in [5, 5.41) is 0. The number of hydrogen-bond acceptors (Lipinski definition) is 2. The number of rotatable bonds is 0. The molecule has 1 aromatic carbocycles. The second-order valence-electron chi connectivity index (χ2n) is 1.93. The van der Waals surface area contributed by atoms with Crippen LogP contribution in [0.2, 0.25) is 0 Å². The van der Waals surface area contributed by atoms with Gasteiger partial charge in [0, 0.05) is 22.6 Å². The van der Waals surface area contributed by atoms with Crippen molar-refractivity contribution in [2.75, 3.05) is 0 Å². The maximum Gasteiger partial charge on any atom is 0.258 e. The van der Waals surface area contributed by atoms with E-state index in [1.807, 2.05) is 24.3 Å². The summed E-state index contributed by atoms with van der Waals surface area (Å²) >= 11 is 2.06. The molecule has 50 valence electrons. The van der Waals surface area contributed by atoms with Crippen LogP contribution in [0.25, 0.3) is 11.1 Å². The number of aromatic nitrogens is 1. The van der Waals surface area contributed by atoms with Crippen LogP contribution in [0, 0.1) is 3.90 Å². The van der Waals surface area contributed by atoms with Crippen LogP contribution in [0.5, 0.6) is 0 Å². The van der Waals surface area contributed by atoms with Gasteiger partial charge in [0.2, 0.25) is 0 Å². The summed E-state index contributed by atoms with van der Waals surface area (Å²) in [5.74, 6) is 0. The molecule has 0 bridgehead atoms. The lowest BCUT2D eigenvalue weighted by Gasteiger charge is -1.79. The predicted molar refractivity (Wildman–Crippen MR) is 46.7 cm³/mol. The third-order valence-electron chi connectivity index (χ3n) is 1.27. The van der Waals surface area contributed by atoms with Gasteiger partial charge in [0.1, 0.15) is 5.52 Å². The first-order chi connectivity index (χ1) is 4.86. The number of hydrogen-bond donors (Lipinski definition) is 0.